The molecule has 0 amide bonds. The summed E-state index contributed by atoms with van der Waals surface area (Å²) in [6.45, 7) is 0. The molecule has 1 aromatic heterocycles. The average molecular weight is 225 g/mol. The number of rotatable bonds is 2. The van der Waals surface area contributed by atoms with E-state index in [1.807, 2.05) is 0 Å². The predicted octanol–water partition coefficient (Wildman–Crippen LogP) is 2.42. The Balaban J connectivity index is 2.33. The Morgan fingerprint density at radius 2 is 2.00 bits per heavy atom. The number of aromatic nitrogens is 2. The van der Waals surface area contributed by atoms with E-state index in [-0.39, 0.29) is 5.78 Å². The van der Waals surface area contributed by atoms with Gasteiger partial charge in [0.25, 0.3) is 0 Å². The molecule has 14 heavy (non-hydrogen) atoms. The lowest BCUT2D eigenvalue weighted by Gasteiger charge is -1.96. The molecule has 0 spiro atoms. The van der Waals surface area contributed by atoms with E-state index in [0.29, 0.717) is 15.5 Å². The summed E-state index contributed by atoms with van der Waals surface area (Å²) in [5.41, 5.74) is 0.598. The molecule has 5 heteroatoms. The topological polar surface area (TPSA) is 42.9 Å². The minimum Gasteiger partial charge on any atom is -0.288 e. The van der Waals surface area contributed by atoms with Crippen LogP contribution in [0.2, 0.25) is 5.02 Å². The molecule has 0 saturated heterocycles. The fourth-order valence-corrected chi connectivity index (χ4v) is 1.61. The van der Waals surface area contributed by atoms with Crippen LogP contribution in [-0.4, -0.2) is 15.4 Å². The van der Waals surface area contributed by atoms with E-state index >= 15 is 0 Å². The van der Waals surface area contributed by atoms with E-state index in [1.165, 1.54) is 6.20 Å². The molecule has 0 aliphatic carbocycles. The molecule has 0 N–H and O–H groups in total. The molecule has 70 valence electrons. The number of hydrogen-bond acceptors (Lipinski definition) is 4. The largest absolute Gasteiger partial charge is 0.288 e. The lowest BCUT2D eigenvalue weighted by Crippen LogP contribution is -1.97. The van der Waals surface area contributed by atoms with Crippen LogP contribution < -0.4 is 0 Å². The number of ketones is 1. The highest BCUT2D eigenvalue weighted by Gasteiger charge is 2.10. The van der Waals surface area contributed by atoms with Crippen molar-refractivity contribution >= 4 is 28.9 Å². The van der Waals surface area contributed by atoms with Crippen molar-refractivity contribution in [3.63, 3.8) is 0 Å². The van der Waals surface area contributed by atoms with E-state index in [1.54, 1.807) is 24.3 Å². The monoisotopic (exact) mass is 224 g/mol. The highest BCUT2D eigenvalue weighted by molar-refractivity contribution is 7.08. The zero-order chi connectivity index (χ0) is 9.97. The van der Waals surface area contributed by atoms with Crippen LogP contribution in [0.5, 0.6) is 0 Å². The Kier molecular flexibility index (Phi) is 2.56. The van der Waals surface area contributed by atoms with Crippen LogP contribution in [0.3, 0.4) is 0 Å². The summed E-state index contributed by atoms with van der Waals surface area (Å²) in [7, 11) is 0. The van der Waals surface area contributed by atoms with Gasteiger partial charge in [-0.25, -0.2) is 0 Å². The SMILES string of the molecule is O=C(c1ccc(Cl)cc1)c1cnns1. The normalized spacial score (nSPS) is 10.1. The molecule has 0 aliphatic heterocycles. The van der Waals surface area contributed by atoms with Gasteiger partial charge in [-0.05, 0) is 35.8 Å². The van der Waals surface area contributed by atoms with Gasteiger partial charge in [-0.1, -0.05) is 16.1 Å². The quantitative estimate of drug-likeness (QED) is 0.736. The van der Waals surface area contributed by atoms with Crippen LogP contribution in [0.25, 0.3) is 0 Å². The molecule has 0 atom stereocenters. The van der Waals surface area contributed by atoms with Crippen LogP contribution in [0.4, 0.5) is 0 Å². The predicted molar refractivity (Wildman–Crippen MR) is 54.8 cm³/mol. The molecule has 3 nitrogen and oxygen atoms in total. The maximum absolute atomic E-state index is 11.7. The second kappa shape index (κ2) is 3.86. The lowest BCUT2D eigenvalue weighted by molar-refractivity contribution is 0.104. The Morgan fingerprint density at radius 1 is 1.29 bits per heavy atom. The van der Waals surface area contributed by atoms with Crippen LogP contribution in [0.1, 0.15) is 15.2 Å². The number of carbonyl (C=O) groups excluding carboxylic acids is 1. The van der Waals surface area contributed by atoms with Crippen LogP contribution >= 0.6 is 23.1 Å². The third-order valence-electron chi connectivity index (χ3n) is 1.69. The van der Waals surface area contributed by atoms with Crippen molar-refractivity contribution in [2.24, 2.45) is 0 Å². The summed E-state index contributed by atoms with van der Waals surface area (Å²) in [5.74, 6) is -0.0725. The second-order valence-corrected chi connectivity index (χ2v) is 3.84. The number of benzene rings is 1. The van der Waals surface area contributed by atoms with Gasteiger partial charge in [-0.2, -0.15) is 0 Å². The molecular weight excluding hydrogens is 220 g/mol. The third kappa shape index (κ3) is 1.81. The van der Waals surface area contributed by atoms with Gasteiger partial charge >= 0.3 is 0 Å². The van der Waals surface area contributed by atoms with Gasteiger partial charge in [0.05, 0.1) is 6.20 Å². The van der Waals surface area contributed by atoms with Gasteiger partial charge in [0, 0.05) is 10.6 Å². The van der Waals surface area contributed by atoms with E-state index in [2.05, 4.69) is 9.59 Å². The molecule has 2 aromatic rings. The zero-order valence-corrected chi connectivity index (χ0v) is 8.55. The Labute approximate surface area is 89.5 Å². The molecule has 2 rings (SSSR count). The van der Waals surface area contributed by atoms with Crippen molar-refractivity contribution in [1.29, 1.82) is 0 Å². The molecule has 0 bridgehead atoms. The molecule has 0 unspecified atom stereocenters. The van der Waals surface area contributed by atoms with Crippen molar-refractivity contribution in [2.45, 2.75) is 0 Å². The summed E-state index contributed by atoms with van der Waals surface area (Å²) in [6, 6.07) is 6.74. The summed E-state index contributed by atoms with van der Waals surface area (Å²) >= 11 is 6.79. The van der Waals surface area contributed by atoms with Crippen molar-refractivity contribution in [2.75, 3.05) is 0 Å². The first-order valence-corrected chi connectivity index (χ1v) is 5.00. The van der Waals surface area contributed by atoms with E-state index in [0.717, 1.165) is 11.5 Å². The van der Waals surface area contributed by atoms with Gasteiger partial charge in [0.15, 0.2) is 0 Å². The van der Waals surface area contributed by atoms with Crippen molar-refractivity contribution in [3.05, 3.63) is 45.9 Å². The second-order valence-electron chi connectivity index (χ2n) is 2.62. The highest BCUT2D eigenvalue weighted by Crippen LogP contribution is 2.14. The van der Waals surface area contributed by atoms with Crippen molar-refractivity contribution < 1.29 is 4.79 Å². The van der Waals surface area contributed by atoms with Crippen molar-refractivity contribution in [3.8, 4) is 0 Å². The van der Waals surface area contributed by atoms with Crippen molar-refractivity contribution in [1.82, 2.24) is 9.59 Å². The minimum absolute atomic E-state index is 0.0725. The summed E-state index contributed by atoms with van der Waals surface area (Å²) < 4.78 is 3.63. The Morgan fingerprint density at radius 3 is 2.57 bits per heavy atom. The zero-order valence-electron chi connectivity index (χ0n) is 6.98. The van der Waals surface area contributed by atoms with Gasteiger partial charge < -0.3 is 0 Å². The van der Waals surface area contributed by atoms with E-state index < -0.39 is 0 Å². The van der Waals surface area contributed by atoms with Gasteiger partial charge in [-0.3, -0.25) is 4.79 Å². The fraction of sp³-hybridized carbons (Fsp3) is 0. The average Bonchev–Trinajstić information content (AvgIpc) is 2.71. The summed E-state index contributed by atoms with van der Waals surface area (Å²) in [6.07, 6.45) is 1.46. The number of hydrogen-bond donors (Lipinski definition) is 0. The molecule has 0 saturated carbocycles. The molecule has 0 radical (unpaired) electrons. The number of carbonyl (C=O) groups is 1. The van der Waals surface area contributed by atoms with Crippen LogP contribution in [-0.2, 0) is 0 Å². The molecular formula is C9H5ClN2OS. The van der Waals surface area contributed by atoms with E-state index in [4.69, 9.17) is 11.6 Å². The van der Waals surface area contributed by atoms with Gasteiger partial charge in [0.1, 0.15) is 4.88 Å². The highest BCUT2D eigenvalue weighted by atomic mass is 35.5. The smallest absolute Gasteiger partial charge is 0.206 e. The van der Waals surface area contributed by atoms with Gasteiger partial charge in [-0.15, -0.1) is 5.10 Å². The first-order chi connectivity index (χ1) is 6.77. The molecule has 1 heterocycles. The Bertz CT molecular complexity index is 438. The third-order valence-corrected chi connectivity index (χ3v) is 2.61. The minimum atomic E-state index is -0.0725. The summed E-state index contributed by atoms with van der Waals surface area (Å²) in [4.78, 5) is 12.2. The van der Waals surface area contributed by atoms with Gasteiger partial charge in [0.2, 0.25) is 5.78 Å². The maximum Gasteiger partial charge on any atom is 0.206 e. The first-order valence-electron chi connectivity index (χ1n) is 3.85. The number of halogens is 1. The molecule has 1 aromatic carbocycles. The molecule has 0 aliphatic rings. The van der Waals surface area contributed by atoms with Crippen LogP contribution in [0.15, 0.2) is 30.5 Å². The number of nitrogens with zero attached hydrogens (tertiary/aromatic N) is 2. The fourth-order valence-electron chi connectivity index (χ4n) is 1.01. The molecule has 0 fully saturated rings. The maximum atomic E-state index is 11.7. The van der Waals surface area contributed by atoms with E-state index in [9.17, 15) is 4.79 Å². The lowest BCUT2D eigenvalue weighted by atomic mass is 10.1. The standard InChI is InChI=1S/C9H5ClN2OS/c10-7-3-1-6(2-4-7)9(13)8-5-11-12-14-8/h1-5H. The van der Waals surface area contributed by atoms with Crippen LogP contribution in [0, 0.1) is 0 Å². The Hall–Kier alpha value is -1.26. The first kappa shape index (κ1) is 9.30. The summed E-state index contributed by atoms with van der Waals surface area (Å²) in [5, 5.41) is 4.22.